The van der Waals surface area contributed by atoms with Gasteiger partial charge in [-0.3, -0.25) is 4.79 Å². The van der Waals surface area contributed by atoms with Gasteiger partial charge in [0.05, 0.1) is 26.9 Å². The number of hydrogen-bond donors (Lipinski definition) is 0. The van der Waals surface area contributed by atoms with E-state index in [9.17, 15) is 19.7 Å². The van der Waals surface area contributed by atoms with Gasteiger partial charge >= 0.3 is 5.97 Å². The molecule has 1 atom stereocenters. The van der Waals surface area contributed by atoms with Crippen LogP contribution in [0.5, 0.6) is 11.5 Å². The number of ether oxygens (including phenoxy) is 4. The second-order valence-electron chi connectivity index (χ2n) is 5.75. The predicted molar refractivity (Wildman–Crippen MR) is 90.2 cm³/mol. The first-order chi connectivity index (χ1) is 12.9. The van der Waals surface area contributed by atoms with E-state index in [0.29, 0.717) is 35.5 Å². The highest BCUT2D eigenvalue weighted by atomic mass is 16.9. The van der Waals surface area contributed by atoms with Gasteiger partial charge in [0.1, 0.15) is 6.10 Å². The molecule has 27 heavy (non-hydrogen) atoms. The predicted octanol–water partition coefficient (Wildman–Crippen LogP) is 1.71. The summed E-state index contributed by atoms with van der Waals surface area (Å²) in [6, 6.07) is 3.19. The van der Waals surface area contributed by atoms with E-state index in [1.54, 1.807) is 19.1 Å². The Hall–Kier alpha value is -2.88. The lowest BCUT2D eigenvalue weighted by atomic mass is 9.97. The number of benzene rings is 1. The van der Waals surface area contributed by atoms with Crippen molar-refractivity contribution < 1.29 is 38.5 Å². The molecular formula is C17H21NO9. The van der Waals surface area contributed by atoms with Gasteiger partial charge in [-0.25, -0.2) is 4.79 Å². The van der Waals surface area contributed by atoms with Crippen molar-refractivity contribution in [2.75, 3.05) is 26.9 Å². The summed E-state index contributed by atoms with van der Waals surface area (Å²) in [6.45, 7) is 1.66. The molecule has 0 N–H and O–H groups in total. The summed E-state index contributed by atoms with van der Waals surface area (Å²) in [5.74, 6) is -0.0908. The van der Waals surface area contributed by atoms with Crippen molar-refractivity contribution in [3.05, 3.63) is 33.4 Å². The molecule has 1 aliphatic heterocycles. The van der Waals surface area contributed by atoms with Gasteiger partial charge in [0.2, 0.25) is 0 Å². The average Bonchev–Trinajstić information content (AvgIpc) is 2.65. The Morgan fingerprint density at radius 1 is 1.30 bits per heavy atom. The van der Waals surface area contributed by atoms with Crippen molar-refractivity contribution >= 4 is 11.8 Å². The minimum absolute atomic E-state index is 0.0488. The van der Waals surface area contributed by atoms with E-state index >= 15 is 0 Å². The fraction of sp³-hybridized carbons (Fsp3) is 0.529. The zero-order chi connectivity index (χ0) is 19.8. The summed E-state index contributed by atoms with van der Waals surface area (Å²) in [6.07, 6.45) is 0.305. The van der Waals surface area contributed by atoms with Crippen LogP contribution in [-0.4, -0.2) is 49.9 Å². The maximum Gasteiger partial charge on any atom is 0.344 e. The molecule has 0 amide bonds. The van der Waals surface area contributed by atoms with Crippen molar-refractivity contribution in [3.8, 4) is 11.5 Å². The molecule has 0 saturated carbocycles. The Balaban J connectivity index is 1.84. The fourth-order valence-corrected chi connectivity index (χ4v) is 2.44. The summed E-state index contributed by atoms with van der Waals surface area (Å²) in [5.41, 5.74) is 1.17. The van der Waals surface area contributed by atoms with Crippen LogP contribution >= 0.6 is 0 Å². The molecule has 0 fully saturated rings. The topological polar surface area (TPSA) is 123 Å². The first kappa shape index (κ1) is 20.4. The maximum absolute atomic E-state index is 12.2. The van der Waals surface area contributed by atoms with Gasteiger partial charge in [-0.15, -0.1) is 10.1 Å². The molecule has 0 saturated heterocycles. The number of nitrogens with zero attached hydrogens (tertiary/aromatic N) is 1. The standard InChI is InChI=1S/C17H21NO9/c1-11-17(20)13-8-14(23-2)15(7-12(13)9-25-11)26-10-16(19)24-5-3-4-6-27-18(21)22/h7-8,11H,3-6,9-10H2,1-2H3. The Bertz CT molecular complexity index is 704. The second kappa shape index (κ2) is 9.72. The summed E-state index contributed by atoms with van der Waals surface area (Å²) in [5, 5.41) is 9.11. The van der Waals surface area contributed by atoms with E-state index in [1.807, 2.05) is 0 Å². The Morgan fingerprint density at radius 2 is 2.04 bits per heavy atom. The molecule has 0 radical (unpaired) electrons. The van der Waals surface area contributed by atoms with Crippen LogP contribution in [0.15, 0.2) is 12.1 Å². The molecule has 1 aromatic carbocycles. The minimum atomic E-state index is -0.870. The number of carbonyl (C=O) groups excluding carboxylic acids is 2. The Labute approximate surface area is 155 Å². The summed E-state index contributed by atoms with van der Waals surface area (Å²) in [4.78, 5) is 38.0. The SMILES string of the molecule is COc1cc2c(cc1OCC(=O)OCCCCO[N+](=O)[O-])COC(C)C2=O. The van der Waals surface area contributed by atoms with Crippen molar-refractivity contribution in [1.29, 1.82) is 0 Å². The first-order valence-corrected chi connectivity index (χ1v) is 8.34. The van der Waals surface area contributed by atoms with E-state index < -0.39 is 17.2 Å². The quantitative estimate of drug-likeness (QED) is 0.257. The molecule has 0 bridgehead atoms. The van der Waals surface area contributed by atoms with E-state index in [0.717, 1.165) is 0 Å². The highest BCUT2D eigenvalue weighted by Crippen LogP contribution is 2.34. The van der Waals surface area contributed by atoms with Crippen LogP contribution in [0.25, 0.3) is 0 Å². The lowest BCUT2D eigenvalue weighted by Crippen LogP contribution is -2.27. The molecule has 2 rings (SSSR count). The number of carbonyl (C=O) groups is 2. The zero-order valence-corrected chi connectivity index (χ0v) is 15.1. The molecule has 1 unspecified atom stereocenters. The largest absolute Gasteiger partial charge is 0.493 e. The zero-order valence-electron chi connectivity index (χ0n) is 15.1. The lowest BCUT2D eigenvalue weighted by molar-refractivity contribution is -0.757. The van der Waals surface area contributed by atoms with Crippen LogP contribution in [0.2, 0.25) is 0 Å². The minimum Gasteiger partial charge on any atom is -0.493 e. The van der Waals surface area contributed by atoms with E-state index in [4.69, 9.17) is 18.9 Å². The van der Waals surface area contributed by atoms with Gasteiger partial charge in [0.15, 0.2) is 23.9 Å². The molecule has 1 aromatic rings. The summed E-state index contributed by atoms with van der Waals surface area (Å²) in [7, 11) is 1.44. The number of Topliss-reactive ketones (excluding diaryl/α,β-unsaturated/α-hetero) is 1. The number of esters is 1. The third-order valence-corrected chi connectivity index (χ3v) is 3.86. The van der Waals surface area contributed by atoms with Gasteiger partial charge in [0.25, 0.3) is 5.09 Å². The van der Waals surface area contributed by atoms with E-state index in [1.165, 1.54) is 7.11 Å². The third-order valence-electron chi connectivity index (χ3n) is 3.86. The van der Waals surface area contributed by atoms with Crippen molar-refractivity contribution in [3.63, 3.8) is 0 Å². The number of ketones is 1. The molecule has 10 nitrogen and oxygen atoms in total. The van der Waals surface area contributed by atoms with Crippen molar-refractivity contribution in [2.24, 2.45) is 0 Å². The number of rotatable bonds is 10. The molecule has 0 aliphatic carbocycles. The van der Waals surface area contributed by atoms with Gasteiger partial charge in [-0.05, 0) is 37.5 Å². The highest BCUT2D eigenvalue weighted by molar-refractivity contribution is 6.01. The number of hydrogen-bond acceptors (Lipinski definition) is 9. The fourth-order valence-electron chi connectivity index (χ4n) is 2.44. The summed E-state index contributed by atoms with van der Waals surface area (Å²) >= 11 is 0. The maximum atomic E-state index is 12.2. The van der Waals surface area contributed by atoms with Crippen LogP contribution in [0.1, 0.15) is 35.7 Å². The van der Waals surface area contributed by atoms with Gasteiger partial charge in [-0.2, -0.15) is 0 Å². The molecule has 0 spiro atoms. The Morgan fingerprint density at radius 3 is 2.74 bits per heavy atom. The Kier molecular flexibility index (Phi) is 7.35. The normalized spacial score (nSPS) is 15.6. The van der Waals surface area contributed by atoms with Crippen molar-refractivity contribution in [2.45, 2.75) is 32.5 Å². The third kappa shape index (κ3) is 5.81. The number of unbranched alkanes of at least 4 members (excludes halogenated alkanes) is 1. The van der Waals surface area contributed by atoms with Gasteiger partial charge in [0, 0.05) is 5.56 Å². The number of fused-ring (bicyclic) bond motifs is 1. The molecule has 0 aromatic heterocycles. The van der Waals surface area contributed by atoms with Crippen LogP contribution in [0.3, 0.4) is 0 Å². The van der Waals surface area contributed by atoms with Crippen LogP contribution in [0.4, 0.5) is 0 Å². The van der Waals surface area contributed by atoms with Gasteiger partial charge < -0.3 is 23.8 Å². The summed E-state index contributed by atoms with van der Waals surface area (Å²) < 4.78 is 21.0. The van der Waals surface area contributed by atoms with Crippen LogP contribution in [-0.2, 0) is 25.7 Å². The van der Waals surface area contributed by atoms with E-state index in [-0.39, 0.29) is 32.2 Å². The molecule has 10 heteroatoms. The smallest absolute Gasteiger partial charge is 0.344 e. The molecule has 1 heterocycles. The number of methoxy groups -OCH3 is 1. The van der Waals surface area contributed by atoms with Crippen molar-refractivity contribution in [1.82, 2.24) is 0 Å². The molecular weight excluding hydrogens is 362 g/mol. The molecule has 1 aliphatic rings. The average molecular weight is 383 g/mol. The monoisotopic (exact) mass is 383 g/mol. The highest BCUT2D eigenvalue weighted by Gasteiger charge is 2.27. The van der Waals surface area contributed by atoms with Gasteiger partial charge in [-0.1, -0.05) is 0 Å². The van der Waals surface area contributed by atoms with E-state index in [2.05, 4.69) is 4.84 Å². The first-order valence-electron chi connectivity index (χ1n) is 8.34. The lowest BCUT2D eigenvalue weighted by Gasteiger charge is -2.22. The van der Waals surface area contributed by atoms with Crippen LogP contribution in [0, 0.1) is 10.1 Å². The molecule has 148 valence electrons. The second-order valence-corrected chi connectivity index (χ2v) is 5.75. The van der Waals surface area contributed by atoms with Crippen LogP contribution < -0.4 is 9.47 Å².